The van der Waals surface area contributed by atoms with Crippen LogP contribution in [0.25, 0.3) is 0 Å². The van der Waals surface area contributed by atoms with E-state index in [1.54, 1.807) is 12.4 Å². The van der Waals surface area contributed by atoms with E-state index in [-0.39, 0.29) is 29.6 Å². The summed E-state index contributed by atoms with van der Waals surface area (Å²) in [5.74, 6) is 0. The maximum Gasteiger partial charge on any atom is 1.00 e. The van der Waals surface area contributed by atoms with Gasteiger partial charge in [0.1, 0.15) is 0 Å². The van der Waals surface area contributed by atoms with Gasteiger partial charge in [-0.25, -0.2) is 0 Å². The molecule has 0 aliphatic heterocycles. The van der Waals surface area contributed by atoms with Crippen molar-refractivity contribution < 1.29 is 29.6 Å². The van der Waals surface area contributed by atoms with E-state index in [1.807, 2.05) is 6.92 Å². The zero-order chi connectivity index (χ0) is 5.98. The molecule has 0 aliphatic carbocycles. The van der Waals surface area contributed by atoms with Crippen molar-refractivity contribution in [2.75, 3.05) is 0 Å². The minimum atomic E-state index is 0. The Morgan fingerprint density at radius 3 is 2.11 bits per heavy atom. The number of aryl methyl sites for hydroxylation is 1. The van der Waals surface area contributed by atoms with Crippen molar-refractivity contribution >= 4 is 12.6 Å². The minimum absolute atomic E-state index is 0. The van der Waals surface area contributed by atoms with Gasteiger partial charge >= 0.3 is 29.6 Å². The molecule has 0 aliphatic rings. The van der Waals surface area contributed by atoms with Crippen LogP contribution in [-0.2, 0) is 12.6 Å². The molecule has 0 spiro atoms. The monoisotopic (exact) mass is 148 g/mol. The van der Waals surface area contributed by atoms with Crippen molar-refractivity contribution in [1.29, 1.82) is 0 Å². The first-order valence-corrected chi connectivity index (χ1v) is 2.65. The molecule has 0 amide bonds. The fourth-order valence-corrected chi connectivity index (χ4v) is 0.486. The molecule has 0 atom stereocenters. The van der Waals surface area contributed by atoms with Crippen LogP contribution < -0.4 is 29.6 Å². The van der Waals surface area contributed by atoms with Crippen LogP contribution in [-0.4, -0.2) is 9.97 Å². The van der Waals surface area contributed by atoms with Gasteiger partial charge in [0.2, 0.25) is 0 Å². The number of nitrogens with zero attached hydrogens (tertiary/aromatic N) is 2. The van der Waals surface area contributed by atoms with E-state index in [4.69, 9.17) is 0 Å². The third kappa shape index (κ3) is 3.11. The first-order chi connectivity index (χ1) is 3.79. The van der Waals surface area contributed by atoms with Crippen molar-refractivity contribution in [2.45, 2.75) is 12.1 Å². The van der Waals surface area contributed by atoms with Crippen molar-refractivity contribution in [3.8, 4) is 0 Å². The van der Waals surface area contributed by atoms with Gasteiger partial charge < -0.3 is 12.6 Å². The van der Waals surface area contributed by atoms with E-state index in [0.29, 0.717) is 5.16 Å². The van der Waals surface area contributed by atoms with Crippen LogP contribution in [0.1, 0.15) is 5.56 Å². The molecule has 0 aromatic carbocycles. The predicted octanol–water partition coefficient (Wildman–Crippen LogP) is -2.31. The third-order valence-corrected chi connectivity index (χ3v) is 0.968. The molecule has 0 bridgehead atoms. The molecular formula is C5H5N2NaS. The number of aromatic nitrogens is 2. The summed E-state index contributed by atoms with van der Waals surface area (Å²) in [6.45, 7) is 1.93. The Labute approximate surface area is 81.8 Å². The zero-order valence-electron chi connectivity index (χ0n) is 5.46. The van der Waals surface area contributed by atoms with Gasteiger partial charge in [0, 0.05) is 17.6 Å². The normalized spacial score (nSPS) is 8.11. The van der Waals surface area contributed by atoms with Crippen LogP contribution in [0.3, 0.4) is 0 Å². The van der Waals surface area contributed by atoms with Crippen LogP contribution in [0.15, 0.2) is 17.6 Å². The average Bonchev–Trinajstić information content (AvgIpc) is 1.77. The van der Waals surface area contributed by atoms with Crippen molar-refractivity contribution in [3.63, 3.8) is 0 Å². The molecule has 1 rings (SSSR count). The summed E-state index contributed by atoms with van der Waals surface area (Å²) >= 11 is 4.65. The van der Waals surface area contributed by atoms with E-state index in [0.717, 1.165) is 5.56 Å². The summed E-state index contributed by atoms with van der Waals surface area (Å²) in [6.07, 6.45) is 3.41. The minimum Gasteiger partial charge on any atom is -0.740 e. The fraction of sp³-hybridized carbons (Fsp3) is 0.200. The van der Waals surface area contributed by atoms with E-state index in [1.165, 1.54) is 0 Å². The molecular weight excluding hydrogens is 143 g/mol. The molecule has 0 saturated heterocycles. The zero-order valence-corrected chi connectivity index (χ0v) is 8.27. The number of hydrogen-bond acceptors (Lipinski definition) is 3. The van der Waals surface area contributed by atoms with Crippen LogP contribution in [0, 0.1) is 6.92 Å². The van der Waals surface area contributed by atoms with Crippen LogP contribution in [0.5, 0.6) is 0 Å². The Morgan fingerprint density at radius 2 is 1.78 bits per heavy atom. The quantitative estimate of drug-likeness (QED) is 0.235. The number of rotatable bonds is 0. The Kier molecular flexibility index (Phi) is 4.31. The molecule has 2 nitrogen and oxygen atoms in total. The fourth-order valence-electron chi connectivity index (χ4n) is 0.381. The van der Waals surface area contributed by atoms with Crippen LogP contribution in [0.4, 0.5) is 0 Å². The molecule has 0 N–H and O–H groups in total. The van der Waals surface area contributed by atoms with Crippen molar-refractivity contribution in [3.05, 3.63) is 18.0 Å². The molecule has 0 unspecified atom stereocenters. The van der Waals surface area contributed by atoms with Crippen LogP contribution in [0.2, 0.25) is 0 Å². The summed E-state index contributed by atoms with van der Waals surface area (Å²) in [6, 6.07) is 0. The second-order valence-electron chi connectivity index (χ2n) is 1.54. The van der Waals surface area contributed by atoms with Crippen molar-refractivity contribution in [2.24, 2.45) is 0 Å². The van der Waals surface area contributed by atoms with E-state index in [9.17, 15) is 0 Å². The topological polar surface area (TPSA) is 25.8 Å². The Hall–Kier alpha value is 0.300. The largest absolute Gasteiger partial charge is 1.00 e. The van der Waals surface area contributed by atoms with Gasteiger partial charge in [-0.1, -0.05) is 0 Å². The predicted molar refractivity (Wildman–Crippen MR) is 32.4 cm³/mol. The molecule has 9 heavy (non-hydrogen) atoms. The first kappa shape index (κ1) is 9.30. The van der Waals surface area contributed by atoms with Crippen molar-refractivity contribution in [1.82, 2.24) is 9.97 Å². The summed E-state index contributed by atoms with van der Waals surface area (Å²) in [7, 11) is 0. The molecule has 42 valence electrons. The SMILES string of the molecule is Cc1cnc([S-])nc1.[Na+]. The third-order valence-electron chi connectivity index (χ3n) is 0.757. The van der Waals surface area contributed by atoms with Gasteiger partial charge in [-0.2, -0.15) is 0 Å². The summed E-state index contributed by atoms with van der Waals surface area (Å²) in [5, 5.41) is 0.413. The second-order valence-corrected chi connectivity index (χ2v) is 1.91. The smallest absolute Gasteiger partial charge is 0.740 e. The van der Waals surface area contributed by atoms with E-state index in [2.05, 4.69) is 22.6 Å². The summed E-state index contributed by atoms with van der Waals surface area (Å²) < 4.78 is 0. The van der Waals surface area contributed by atoms with Gasteiger partial charge in [0.05, 0.1) is 0 Å². The number of hydrogen-bond donors (Lipinski definition) is 0. The van der Waals surface area contributed by atoms with Gasteiger partial charge in [-0.05, 0) is 12.5 Å². The average molecular weight is 148 g/mol. The maximum absolute atomic E-state index is 4.65. The summed E-state index contributed by atoms with van der Waals surface area (Å²) in [4.78, 5) is 7.56. The van der Waals surface area contributed by atoms with Crippen LogP contribution >= 0.6 is 0 Å². The van der Waals surface area contributed by atoms with E-state index < -0.39 is 0 Å². The maximum atomic E-state index is 4.65. The summed E-state index contributed by atoms with van der Waals surface area (Å²) in [5.41, 5.74) is 1.04. The Bertz CT molecular complexity index is 154. The molecule has 0 saturated carbocycles. The molecule has 0 radical (unpaired) electrons. The molecule has 1 aromatic rings. The van der Waals surface area contributed by atoms with Gasteiger partial charge in [0.25, 0.3) is 0 Å². The molecule has 4 heteroatoms. The van der Waals surface area contributed by atoms with Gasteiger partial charge in [-0.15, -0.1) is 0 Å². The Morgan fingerprint density at radius 1 is 1.33 bits per heavy atom. The Balaban J connectivity index is 0.000000640. The molecule has 1 heterocycles. The standard InChI is InChI=1S/C5H6N2S.Na/c1-4-2-6-5(8)7-3-4;/h2-3H,1H3,(H,6,7,8);/q;+1/p-1. The van der Waals surface area contributed by atoms with E-state index >= 15 is 0 Å². The van der Waals surface area contributed by atoms with Gasteiger partial charge in [-0.3, -0.25) is 9.97 Å². The molecule has 1 aromatic heterocycles. The first-order valence-electron chi connectivity index (χ1n) is 2.25. The second kappa shape index (κ2) is 4.17. The molecule has 0 fully saturated rings. The van der Waals surface area contributed by atoms with Gasteiger partial charge in [0.15, 0.2) is 0 Å².